The summed E-state index contributed by atoms with van der Waals surface area (Å²) in [5.74, 6) is -0.0402. The van der Waals surface area contributed by atoms with E-state index >= 15 is 0 Å². The number of amides is 1. The molecule has 25 heavy (non-hydrogen) atoms. The van der Waals surface area contributed by atoms with Crippen molar-refractivity contribution in [3.05, 3.63) is 71.3 Å². The van der Waals surface area contributed by atoms with E-state index in [-0.39, 0.29) is 5.91 Å². The number of benzene rings is 2. The highest BCUT2D eigenvalue weighted by atomic mass is 32.1. The van der Waals surface area contributed by atoms with Crippen LogP contribution in [0.5, 0.6) is 0 Å². The van der Waals surface area contributed by atoms with E-state index in [1.165, 1.54) is 0 Å². The fourth-order valence-electron chi connectivity index (χ4n) is 3.77. The Morgan fingerprint density at radius 1 is 1.04 bits per heavy atom. The Morgan fingerprint density at radius 2 is 1.68 bits per heavy atom. The number of hydrogen-bond acceptors (Lipinski definition) is 3. The quantitative estimate of drug-likeness (QED) is 0.747. The highest BCUT2D eigenvalue weighted by Crippen LogP contribution is 2.42. The molecule has 1 aliphatic heterocycles. The summed E-state index contributed by atoms with van der Waals surface area (Å²) in [5, 5.41) is 0. The zero-order chi connectivity index (χ0) is 17.4. The van der Waals surface area contributed by atoms with Gasteiger partial charge in [-0.05, 0) is 44.7 Å². The summed E-state index contributed by atoms with van der Waals surface area (Å²) < 4.78 is 0. The van der Waals surface area contributed by atoms with Crippen molar-refractivity contribution < 1.29 is 4.79 Å². The molecule has 0 unspecified atom stereocenters. The van der Waals surface area contributed by atoms with E-state index < -0.39 is 5.66 Å². The maximum absolute atomic E-state index is 13.3. The van der Waals surface area contributed by atoms with Crippen molar-refractivity contribution in [2.45, 2.75) is 38.3 Å². The van der Waals surface area contributed by atoms with Gasteiger partial charge in [0, 0.05) is 11.1 Å². The molecule has 1 spiro atoms. The van der Waals surface area contributed by atoms with Crippen LogP contribution >= 0.6 is 12.2 Å². The molecule has 1 fully saturated rings. The van der Waals surface area contributed by atoms with Gasteiger partial charge in [-0.1, -0.05) is 60.2 Å². The van der Waals surface area contributed by atoms with E-state index in [2.05, 4.69) is 0 Å². The maximum atomic E-state index is 13.3. The normalized spacial score (nSPS) is 18.7. The number of aryl methyl sites for hydroxylation is 1. The van der Waals surface area contributed by atoms with Gasteiger partial charge in [-0.2, -0.15) is 0 Å². The van der Waals surface area contributed by atoms with E-state index in [0.717, 1.165) is 42.5 Å². The highest BCUT2D eigenvalue weighted by molar-refractivity contribution is 7.82. The second-order valence-corrected chi connectivity index (χ2v) is 7.21. The highest BCUT2D eigenvalue weighted by Gasteiger charge is 2.50. The van der Waals surface area contributed by atoms with Crippen molar-refractivity contribution in [1.82, 2.24) is 4.90 Å². The Bertz CT molecular complexity index is 849. The Labute approximate surface area is 153 Å². The first-order valence-corrected chi connectivity index (χ1v) is 9.12. The predicted octanol–water partition coefficient (Wildman–Crippen LogP) is 4.54. The number of nitrogens with zero attached hydrogens (tertiary/aromatic N) is 2. The molecule has 1 saturated carbocycles. The molecule has 0 bridgehead atoms. The van der Waals surface area contributed by atoms with Gasteiger partial charge in [-0.25, -0.2) is 0 Å². The van der Waals surface area contributed by atoms with Crippen molar-refractivity contribution in [2.24, 2.45) is 4.99 Å². The lowest BCUT2D eigenvalue weighted by molar-refractivity contribution is 0.0724. The standard InChI is InChI=1S/C21H20N2OS/c1-15-9-11-17(12-10-15)19(24)23-20(25)18(16-7-3-2-4-8-16)22-21(23)13-5-6-14-21/h2-4,7-12H,5-6,13-14H2,1H3. The van der Waals surface area contributed by atoms with Crippen molar-refractivity contribution >= 4 is 28.8 Å². The first-order valence-electron chi connectivity index (χ1n) is 8.72. The van der Waals surface area contributed by atoms with Gasteiger partial charge in [0.2, 0.25) is 0 Å². The average molecular weight is 348 g/mol. The lowest BCUT2D eigenvalue weighted by Gasteiger charge is -2.32. The second kappa shape index (κ2) is 6.19. The van der Waals surface area contributed by atoms with E-state index in [9.17, 15) is 4.79 Å². The SMILES string of the molecule is Cc1ccc(C(=O)N2C(=S)C(c3ccccc3)=NC23CCCC3)cc1. The van der Waals surface area contributed by atoms with Crippen molar-refractivity contribution in [2.75, 3.05) is 0 Å². The number of aliphatic imine (C=N–C) groups is 1. The fourth-order valence-corrected chi connectivity index (χ4v) is 4.18. The van der Waals surface area contributed by atoms with Gasteiger partial charge in [-0.3, -0.25) is 14.7 Å². The van der Waals surface area contributed by atoms with Crippen LogP contribution < -0.4 is 0 Å². The summed E-state index contributed by atoms with van der Waals surface area (Å²) in [6.07, 6.45) is 3.90. The van der Waals surface area contributed by atoms with Crippen LogP contribution in [0.25, 0.3) is 0 Å². The molecule has 3 nitrogen and oxygen atoms in total. The number of carbonyl (C=O) groups excluding carboxylic acids is 1. The number of rotatable bonds is 2. The van der Waals surface area contributed by atoms with E-state index in [1.54, 1.807) is 4.90 Å². The third kappa shape index (κ3) is 2.71. The lowest BCUT2D eigenvalue weighted by atomic mass is 10.1. The maximum Gasteiger partial charge on any atom is 0.260 e. The Hall–Kier alpha value is -2.33. The van der Waals surface area contributed by atoms with E-state index in [4.69, 9.17) is 17.2 Å². The lowest BCUT2D eigenvalue weighted by Crippen LogP contribution is -2.48. The van der Waals surface area contributed by atoms with Crippen molar-refractivity contribution in [1.29, 1.82) is 0 Å². The minimum Gasteiger partial charge on any atom is -0.271 e. The smallest absolute Gasteiger partial charge is 0.260 e. The molecule has 126 valence electrons. The topological polar surface area (TPSA) is 32.7 Å². The molecule has 2 aromatic rings. The molecular formula is C21H20N2OS. The molecule has 0 saturated heterocycles. The molecule has 0 radical (unpaired) electrons. The summed E-state index contributed by atoms with van der Waals surface area (Å²) in [6.45, 7) is 2.02. The van der Waals surface area contributed by atoms with E-state index in [1.807, 2.05) is 61.5 Å². The molecule has 1 amide bonds. The first kappa shape index (κ1) is 16.2. The van der Waals surface area contributed by atoms with Gasteiger partial charge >= 0.3 is 0 Å². The largest absolute Gasteiger partial charge is 0.271 e. The molecule has 0 aromatic heterocycles. The molecule has 4 rings (SSSR count). The van der Waals surface area contributed by atoms with Gasteiger partial charge in [0.1, 0.15) is 16.4 Å². The molecule has 2 aliphatic rings. The van der Waals surface area contributed by atoms with Gasteiger partial charge < -0.3 is 0 Å². The Kier molecular flexibility index (Phi) is 4.00. The summed E-state index contributed by atoms with van der Waals surface area (Å²) in [5.41, 5.74) is 3.07. The van der Waals surface area contributed by atoms with Crippen LogP contribution in [-0.4, -0.2) is 27.2 Å². The van der Waals surface area contributed by atoms with Gasteiger partial charge in [0.15, 0.2) is 0 Å². The van der Waals surface area contributed by atoms with Crippen LogP contribution in [0.2, 0.25) is 0 Å². The zero-order valence-corrected chi connectivity index (χ0v) is 15.1. The predicted molar refractivity (Wildman–Crippen MR) is 104 cm³/mol. The number of hydrogen-bond donors (Lipinski definition) is 0. The Morgan fingerprint density at radius 3 is 2.32 bits per heavy atom. The van der Waals surface area contributed by atoms with Crippen LogP contribution in [0.3, 0.4) is 0 Å². The van der Waals surface area contributed by atoms with Gasteiger partial charge in [0.25, 0.3) is 5.91 Å². The minimum atomic E-state index is -0.496. The Balaban J connectivity index is 1.76. The van der Waals surface area contributed by atoms with E-state index in [0.29, 0.717) is 10.6 Å². The van der Waals surface area contributed by atoms with Gasteiger partial charge in [0.05, 0.1) is 0 Å². The fraction of sp³-hybridized carbons (Fsp3) is 0.286. The molecule has 0 N–H and O–H groups in total. The summed E-state index contributed by atoms with van der Waals surface area (Å²) in [7, 11) is 0. The second-order valence-electron chi connectivity index (χ2n) is 6.83. The first-order chi connectivity index (χ1) is 12.1. The molecule has 0 atom stereocenters. The number of thiocarbonyl (C=S) groups is 1. The third-order valence-electron chi connectivity index (χ3n) is 5.09. The van der Waals surface area contributed by atoms with Crippen LogP contribution in [-0.2, 0) is 0 Å². The zero-order valence-electron chi connectivity index (χ0n) is 14.2. The summed E-state index contributed by atoms with van der Waals surface area (Å²) in [4.78, 5) is 20.6. The van der Waals surface area contributed by atoms with Crippen LogP contribution in [0.4, 0.5) is 0 Å². The van der Waals surface area contributed by atoms with Crippen LogP contribution in [0, 0.1) is 6.92 Å². The molecule has 2 aromatic carbocycles. The summed E-state index contributed by atoms with van der Waals surface area (Å²) in [6, 6.07) is 17.6. The van der Waals surface area contributed by atoms with Crippen molar-refractivity contribution in [3.8, 4) is 0 Å². The average Bonchev–Trinajstić information content (AvgIpc) is 3.21. The monoisotopic (exact) mass is 348 g/mol. The van der Waals surface area contributed by atoms with Crippen LogP contribution in [0.1, 0.15) is 47.2 Å². The number of carbonyl (C=O) groups is 1. The molecule has 1 aliphatic carbocycles. The van der Waals surface area contributed by atoms with Crippen molar-refractivity contribution in [3.63, 3.8) is 0 Å². The minimum absolute atomic E-state index is 0.0402. The van der Waals surface area contributed by atoms with Crippen LogP contribution in [0.15, 0.2) is 59.6 Å². The molecule has 4 heteroatoms. The molecule has 1 heterocycles. The third-order valence-corrected chi connectivity index (χ3v) is 5.47. The molecular weight excluding hydrogens is 328 g/mol. The summed E-state index contributed by atoms with van der Waals surface area (Å²) >= 11 is 5.73. The van der Waals surface area contributed by atoms with Gasteiger partial charge in [-0.15, -0.1) is 0 Å².